The number of hydrogen-bond acceptors (Lipinski definition) is 5. The molecule has 4 heterocycles. The molecule has 150 valence electrons. The molecule has 2 unspecified atom stereocenters. The first-order valence-corrected chi connectivity index (χ1v) is 11.5. The van der Waals surface area contributed by atoms with Gasteiger partial charge in [-0.05, 0) is 48.4 Å². The van der Waals surface area contributed by atoms with Crippen LogP contribution in [-0.2, 0) is 5.41 Å². The van der Waals surface area contributed by atoms with Gasteiger partial charge in [0.25, 0.3) is 0 Å². The normalized spacial score (nSPS) is 24.2. The Balaban J connectivity index is 1.87. The lowest BCUT2D eigenvalue weighted by Crippen LogP contribution is -2.62. The summed E-state index contributed by atoms with van der Waals surface area (Å²) >= 11 is 1.79. The summed E-state index contributed by atoms with van der Waals surface area (Å²) in [7, 11) is 0. The Kier molecular flexibility index (Phi) is 4.21. The molecule has 0 saturated heterocycles. The second-order valence-corrected chi connectivity index (χ2v) is 9.30. The van der Waals surface area contributed by atoms with Gasteiger partial charge in [0, 0.05) is 16.5 Å². The van der Waals surface area contributed by atoms with E-state index in [0.717, 1.165) is 30.8 Å². The highest BCUT2D eigenvalue weighted by molar-refractivity contribution is 7.14. The van der Waals surface area contributed by atoms with E-state index in [0.29, 0.717) is 0 Å². The van der Waals surface area contributed by atoms with Gasteiger partial charge in [0.05, 0.1) is 11.2 Å². The highest BCUT2D eigenvalue weighted by atomic mass is 32.1. The lowest BCUT2D eigenvalue weighted by Gasteiger charge is -2.60. The van der Waals surface area contributed by atoms with Crippen molar-refractivity contribution in [1.82, 2.24) is 9.97 Å². The summed E-state index contributed by atoms with van der Waals surface area (Å²) in [6, 6.07) is 13.4. The molecule has 5 rings (SSSR count). The van der Waals surface area contributed by atoms with Crippen LogP contribution in [-0.4, -0.2) is 16.1 Å². The zero-order valence-electron chi connectivity index (χ0n) is 17.6. The van der Waals surface area contributed by atoms with Crippen LogP contribution in [0.25, 0.3) is 0 Å². The lowest BCUT2D eigenvalue weighted by molar-refractivity contribution is 0.0775. The fraction of sp³-hybridized carbons (Fsp3) is 0.417. The van der Waals surface area contributed by atoms with Gasteiger partial charge in [-0.1, -0.05) is 45.9 Å². The quantitative estimate of drug-likeness (QED) is 0.488. The maximum absolute atomic E-state index is 4.77. The van der Waals surface area contributed by atoms with Crippen LogP contribution in [0.3, 0.4) is 0 Å². The van der Waals surface area contributed by atoms with Crippen molar-refractivity contribution in [3.63, 3.8) is 0 Å². The zero-order valence-corrected chi connectivity index (χ0v) is 18.4. The zero-order chi connectivity index (χ0) is 20.2. The standard InChI is InChI=1S/C24H28N4S/c1-5-23(4)22-27(18-12-9-8-11-17(18)24(23,6-2)7-3)19-15-25-16-26-21(19)28(22)20-13-10-14-29-20/h8-16,22H,5-7H2,1-4H3. The van der Waals surface area contributed by atoms with Gasteiger partial charge in [-0.15, -0.1) is 11.3 Å². The van der Waals surface area contributed by atoms with Crippen molar-refractivity contribution >= 4 is 33.5 Å². The molecule has 0 N–H and O–H groups in total. The molecule has 0 radical (unpaired) electrons. The number of anilines is 4. The summed E-state index contributed by atoms with van der Waals surface area (Å²) < 4.78 is 0. The molecule has 29 heavy (non-hydrogen) atoms. The number of fused-ring (bicyclic) bond motifs is 5. The Morgan fingerprint density at radius 3 is 2.45 bits per heavy atom. The van der Waals surface area contributed by atoms with E-state index >= 15 is 0 Å². The highest BCUT2D eigenvalue weighted by Gasteiger charge is 2.61. The Labute approximate surface area is 177 Å². The van der Waals surface area contributed by atoms with E-state index in [1.54, 1.807) is 17.7 Å². The molecule has 1 aromatic carbocycles. The number of aromatic nitrogens is 2. The molecule has 3 aromatic rings. The molecule has 4 nitrogen and oxygen atoms in total. The predicted molar refractivity (Wildman–Crippen MR) is 122 cm³/mol. The van der Waals surface area contributed by atoms with Crippen LogP contribution in [0.2, 0.25) is 0 Å². The third kappa shape index (κ3) is 2.19. The minimum absolute atomic E-state index is 0.0372. The van der Waals surface area contributed by atoms with E-state index in [1.165, 1.54) is 16.3 Å². The van der Waals surface area contributed by atoms with Gasteiger partial charge >= 0.3 is 0 Å². The van der Waals surface area contributed by atoms with Gasteiger partial charge in [-0.2, -0.15) is 0 Å². The summed E-state index contributed by atoms with van der Waals surface area (Å²) in [5, 5.41) is 3.41. The number of thiophene rings is 1. The fourth-order valence-corrected chi connectivity index (χ4v) is 6.85. The lowest BCUT2D eigenvalue weighted by atomic mass is 9.53. The molecule has 0 aliphatic carbocycles. The monoisotopic (exact) mass is 404 g/mol. The maximum Gasteiger partial charge on any atom is 0.162 e. The van der Waals surface area contributed by atoms with Gasteiger partial charge in [0.2, 0.25) is 0 Å². The van der Waals surface area contributed by atoms with E-state index in [9.17, 15) is 0 Å². The predicted octanol–water partition coefficient (Wildman–Crippen LogP) is 6.64. The smallest absolute Gasteiger partial charge is 0.162 e. The van der Waals surface area contributed by atoms with Crippen LogP contribution >= 0.6 is 11.3 Å². The number of benzene rings is 1. The Morgan fingerprint density at radius 2 is 1.76 bits per heavy atom. The van der Waals surface area contributed by atoms with Gasteiger partial charge in [-0.25, -0.2) is 9.97 Å². The summed E-state index contributed by atoms with van der Waals surface area (Å²) in [4.78, 5) is 14.2. The first kappa shape index (κ1) is 18.6. The fourth-order valence-electron chi connectivity index (χ4n) is 6.10. The SMILES string of the molecule is CCC1(CC)c2ccccc2N2c3cncnc3N(c3cccs3)C2C1(C)CC. The van der Waals surface area contributed by atoms with E-state index in [2.05, 4.69) is 84.3 Å². The van der Waals surface area contributed by atoms with Crippen LogP contribution in [0.4, 0.5) is 22.2 Å². The first-order chi connectivity index (χ1) is 14.1. The van der Waals surface area contributed by atoms with E-state index in [4.69, 9.17) is 4.98 Å². The molecule has 2 aliphatic heterocycles. The first-order valence-electron chi connectivity index (χ1n) is 10.6. The average Bonchev–Trinajstić information content (AvgIpc) is 3.41. The number of hydrogen-bond donors (Lipinski definition) is 0. The van der Waals surface area contributed by atoms with Crippen molar-refractivity contribution in [1.29, 1.82) is 0 Å². The van der Waals surface area contributed by atoms with E-state index in [-0.39, 0.29) is 17.0 Å². The molecule has 0 spiro atoms. The number of rotatable bonds is 4. The van der Waals surface area contributed by atoms with Crippen LogP contribution in [0, 0.1) is 5.41 Å². The van der Waals surface area contributed by atoms with Gasteiger partial charge in [0.15, 0.2) is 5.82 Å². The largest absolute Gasteiger partial charge is 0.315 e. The van der Waals surface area contributed by atoms with Crippen molar-refractivity contribution in [2.45, 2.75) is 58.5 Å². The van der Waals surface area contributed by atoms with Crippen LogP contribution in [0.5, 0.6) is 0 Å². The summed E-state index contributed by atoms with van der Waals surface area (Å²) in [5.41, 5.74) is 4.02. The second kappa shape index (κ2) is 6.56. The Morgan fingerprint density at radius 1 is 0.966 bits per heavy atom. The van der Waals surface area contributed by atoms with Gasteiger partial charge < -0.3 is 4.90 Å². The molecule has 0 fully saturated rings. The van der Waals surface area contributed by atoms with E-state index < -0.39 is 0 Å². The van der Waals surface area contributed by atoms with Crippen molar-refractivity contribution in [3.05, 3.63) is 59.9 Å². The third-order valence-corrected chi connectivity index (χ3v) is 8.54. The van der Waals surface area contributed by atoms with E-state index in [1.807, 2.05) is 6.20 Å². The molecular weight excluding hydrogens is 376 g/mol. The molecule has 5 heteroatoms. The van der Waals surface area contributed by atoms with Crippen LogP contribution in [0.1, 0.15) is 52.5 Å². The second-order valence-electron chi connectivity index (χ2n) is 8.37. The summed E-state index contributed by atoms with van der Waals surface area (Å²) in [5.74, 6) is 1.02. The molecular formula is C24H28N4S. The molecule has 2 atom stereocenters. The Bertz CT molecular complexity index is 1030. The van der Waals surface area contributed by atoms with Crippen LogP contribution in [0.15, 0.2) is 54.3 Å². The van der Waals surface area contributed by atoms with Crippen LogP contribution < -0.4 is 9.80 Å². The van der Waals surface area contributed by atoms with Crippen molar-refractivity contribution in [2.75, 3.05) is 9.80 Å². The Hall–Kier alpha value is -2.40. The van der Waals surface area contributed by atoms with Gasteiger partial charge in [0.1, 0.15) is 18.2 Å². The molecule has 2 aliphatic rings. The maximum atomic E-state index is 4.77. The summed E-state index contributed by atoms with van der Waals surface area (Å²) in [6.07, 6.45) is 7.17. The molecule has 0 bridgehead atoms. The van der Waals surface area contributed by atoms with Gasteiger partial charge in [-0.3, -0.25) is 4.90 Å². The van der Waals surface area contributed by atoms with Crippen molar-refractivity contribution in [2.24, 2.45) is 5.41 Å². The topological polar surface area (TPSA) is 32.3 Å². The van der Waals surface area contributed by atoms with Crippen molar-refractivity contribution < 1.29 is 0 Å². The minimum atomic E-state index is 0.0372. The number of nitrogens with zero attached hydrogens (tertiary/aromatic N) is 4. The number of para-hydroxylation sites is 1. The molecule has 0 amide bonds. The van der Waals surface area contributed by atoms with Crippen molar-refractivity contribution in [3.8, 4) is 0 Å². The summed E-state index contributed by atoms with van der Waals surface area (Å²) in [6.45, 7) is 9.57. The minimum Gasteiger partial charge on any atom is -0.315 e. The average molecular weight is 405 g/mol. The highest BCUT2D eigenvalue weighted by Crippen LogP contribution is 2.65. The molecule has 2 aromatic heterocycles. The third-order valence-electron chi connectivity index (χ3n) is 7.68. The molecule has 0 saturated carbocycles.